The minimum Gasteiger partial charge on any atom is -0.479 e. The number of hydrogen-bond acceptors (Lipinski definition) is 4. The van der Waals surface area contributed by atoms with Crippen molar-refractivity contribution in [1.29, 1.82) is 0 Å². The van der Waals surface area contributed by atoms with Gasteiger partial charge in [-0.25, -0.2) is 0 Å². The van der Waals surface area contributed by atoms with Crippen LogP contribution in [0.25, 0.3) is 0 Å². The highest BCUT2D eigenvalue weighted by Gasteiger charge is 2.31. The highest BCUT2D eigenvalue weighted by Crippen LogP contribution is 2.16. The van der Waals surface area contributed by atoms with E-state index in [4.69, 9.17) is 9.47 Å². The molecule has 106 valence electrons. The van der Waals surface area contributed by atoms with Gasteiger partial charge in [-0.1, -0.05) is 0 Å². The second-order valence-electron chi connectivity index (χ2n) is 5.09. The third-order valence-corrected chi connectivity index (χ3v) is 3.03. The van der Waals surface area contributed by atoms with Gasteiger partial charge in [0.25, 0.3) is 5.91 Å². The van der Waals surface area contributed by atoms with Crippen molar-refractivity contribution in [3.63, 3.8) is 0 Å². The van der Waals surface area contributed by atoms with E-state index in [1.807, 2.05) is 13.8 Å². The third kappa shape index (κ3) is 4.21. The lowest BCUT2D eigenvalue weighted by molar-refractivity contribution is -0.143. The molecule has 0 bridgehead atoms. The molecule has 1 amide bonds. The van der Waals surface area contributed by atoms with Crippen molar-refractivity contribution < 1.29 is 14.3 Å². The zero-order valence-corrected chi connectivity index (χ0v) is 12.2. The lowest BCUT2D eigenvalue weighted by Crippen LogP contribution is -2.52. The largest absolute Gasteiger partial charge is 0.479 e. The van der Waals surface area contributed by atoms with Crippen molar-refractivity contribution in [2.75, 3.05) is 20.8 Å². The Labute approximate surface area is 114 Å². The van der Waals surface area contributed by atoms with Crippen LogP contribution in [-0.4, -0.2) is 48.2 Å². The van der Waals surface area contributed by atoms with Gasteiger partial charge < -0.3 is 14.4 Å². The van der Waals surface area contributed by atoms with Crippen molar-refractivity contribution in [1.82, 2.24) is 9.88 Å². The van der Waals surface area contributed by atoms with Gasteiger partial charge in [0.15, 0.2) is 6.10 Å². The van der Waals surface area contributed by atoms with Crippen molar-refractivity contribution >= 4 is 5.91 Å². The summed E-state index contributed by atoms with van der Waals surface area (Å²) in [6, 6.07) is 3.54. The highest BCUT2D eigenvalue weighted by atomic mass is 16.5. The zero-order chi connectivity index (χ0) is 14.5. The van der Waals surface area contributed by atoms with Crippen LogP contribution in [0.1, 0.15) is 20.8 Å². The van der Waals surface area contributed by atoms with E-state index in [0.29, 0.717) is 12.4 Å². The van der Waals surface area contributed by atoms with E-state index < -0.39 is 6.10 Å². The molecule has 1 heterocycles. The Bertz CT molecular complexity index is 406. The normalized spacial score (nSPS) is 12.9. The maximum Gasteiger partial charge on any atom is 0.263 e. The summed E-state index contributed by atoms with van der Waals surface area (Å²) in [6.45, 7) is 6.10. The third-order valence-electron chi connectivity index (χ3n) is 3.03. The summed E-state index contributed by atoms with van der Waals surface area (Å²) < 4.78 is 10.7. The van der Waals surface area contributed by atoms with E-state index >= 15 is 0 Å². The smallest absolute Gasteiger partial charge is 0.263 e. The first-order valence-electron chi connectivity index (χ1n) is 6.22. The number of methoxy groups -OCH3 is 1. The molecule has 0 saturated carbocycles. The fraction of sp³-hybridized carbons (Fsp3) is 0.571. The van der Waals surface area contributed by atoms with Crippen molar-refractivity contribution in [2.45, 2.75) is 32.4 Å². The summed E-state index contributed by atoms with van der Waals surface area (Å²) in [4.78, 5) is 17.9. The van der Waals surface area contributed by atoms with Crippen molar-refractivity contribution in [3.05, 3.63) is 24.5 Å². The number of pyridine rings is 1. The molecule has 1 aromatic rings. The molecule has 0 aliphatic rings. The molecule has 5 heteroatoms. The summed E-state index contributed by atoms with van der Waals surface area (Å²) in [5.74, 6) is 0.493. The number of ether oxygens (including phenoxy) is 2. The number of aromatic nitrogens is 1. The number of likely N-dealkylation sites (N-methyl/N-ethyl adjacent to an activating group) is 1. The fourth-order valence-corrected chi connectivity index (χ4v) is 1.69. The Kier molecular flexibility index (Phi) is 5.30. The van der Waals surface area contributed by atoms with Crippen LogP contribution in [-0.2, 0) is 9.53 Å². The van der Waals surface area contributed by atoms with Crippen LogP contribution in [0.2, 0.25) is 0 Å². The Morgan fingerprint density at radius 1 is 1.53 bits per heavy atom. The molecule has 19 heavy (non-hydrogen) atoms. The lowest BCUT2D eigenvalue weighted by atomic mass is 10.0. The quantitative estimate of drug-likeness (QED) is 0.787. The van der Waals surface area contributed by atoms with Gasteiger partial charge in [-0.3, -0.25) is 9.78 Å². The molecule has 0 fully saturated rings. The van der Waals surface area contributed by atoms with Gasteiger partial charge in [0.1, 0.15) is 5.75 Å². The van der Waals surface area contributed by atoms with E-state index in [-0.39, 0.29) is 11.4 Å². The van der Waals surface area contributed by atoms with Gasteiger partial charge in [0.05, 0.1) is 18.3 Å². The second-order valence-corrected chi connectivity index (χ2v) is 5.09. The minimum atomic E-state index is -0.565. The number of hydrogen-bond donors (Lipinski definition) is 0. The Hall–Kier alpha value is -1.62. The Balaban J connectivity index is 2.66. The fourth-order valence-electron chi connectivity index (χ4n) is 1.69. The molecule has 1 rings (SSSR count). The van der Waals surface area contributed by atoms with E-state index in [9.17, 15) is 4.79 Å². The summed E-state index contributed by atoms with van der Waals surface area (Å²) >= 11 is 0. The van der Waals surface area contributed by atoms with E-state index in [1.165, 1.54) is 0 Å². The number of carbonyl (C=O) groups is 1. The molecule has 0 aliphatic carbocycles. The van der Waals surface area contributed by atoms with E-state index in [2.05, 4.69) is 4.98 Å². The predicted octanol–water partition coefficient (Wildman–Crippen LogP) is 1.73. The van der Waals surface area contributed by atoms with Crippen LogP contribution in [0.5, 0.6) is 5.75 Å². The van der Waals surface area contributed by atoms with Crippen LogP contribution >= 0.6 is 0 Å². The van der Waals surface area contributed by atoms with Gasteiger partial charge in [0.2, 0.25) is 0 Å². The number of rotatable bonds is 6. The number of amides is 1. The molecule has 5 nitrogen and oxygen atoms in total. The molecule has 0 unspecified atom stereocenters. The minimum absolute atomic E-state index is 0.0918. The molecular weight excluding hydrogens is 244 g/mol. The molecule has 0 spiro atoms. The Morgan fingerprint density at radius 2 is 2.21 bits per heavy atom. The maximum atomic E-state index is 12.3. The molecule has 0 aromatic carbocycles. The SMILES string of the molecule is COCC(C)(C)N(C)C(=O)[C@H](C)Oc1cccnc1. The summed E-state index contributed by atoms with van der Waals surface area (Å²) in [5.41, 5.74) is -0.377. The molecule has 0 saturated heterocycles. The first-order valence-corrected chi connectivity index (χ1v) is 6.22. The highest BCUT2D eigenvalue weighted by molar-refractivity contribution is 5.81. The monoisotopic (exact) mass is 266 g/mol. The van der Waals surface area contributed by atoms with Gasteiger partial charge in [-0.2, -0.15) is 0 Å². The van der Waals surface area contributed by atoms with Gasteiger partial charge >= 0.3 is 0 Å². The lowest BCUT2D eigenvalue weighted by Gasteiger charge is -2.36. The van der Waals surface area contributed by atoms with Gasteiger partial charge in [0, 0.05) is 20.4 Å². The molecule has 0 radical (unpaired) electrons. The van der Waals surface area contributed by atoms with E-state index in [0.717, 1.165) is 0 Å². The first-order chi connectivity index (χ1) is 8.88. The van der Waals surface area contributed by atoms with Crippen LogP contribution in [0.3, 0.4) is 0 Å². The zero-order valence-electron chi connectivity index (χ0n) is 12.2. The predicted molar refractivity (Wildman–Crippen MR) is 73.1 cm³/mol. The second kappa shape index (κ2) is 6.52. The van der Waals surface area contributed by atoms with Crippen LogP contribution < -0.4 is 4.74 Å². The summed E-state index contributed by atoms with van der Waals surface area (Å²) in [6.07, 6.45) is 2.68. The van der Waals surface area contributed by atoms with Crippen molar-refractivity contribution in [2.24, 2.45) is 0 Å². The molecule has 0 N–H and O–H groups in total. The number of carbonyl (C=O) groups excluding carboxylic acids is 1. The van der Waals surface area contributed by atoms with Gasteiger partial charge in [-0.05, 0) is 32.9 Å². The first kappa shape index (κ1) is 15.4. The summed E-state index contributed by atoms with van der Waals surface area (Å²) in [5, 5.41) is 0. The number of nitrogens with zero attached hydrogens (tertiary/aromatic N) is 2. The standard InChI is InChI=1S/C14H22N2O3/c1-11(19-12-7-6-8-15-9-12)13(17)16(4)14(2,3)10-18-5/h6-9,11H,10H2,1-5H3/t11-/m0/s1. The maximum absolute atomic E-state index is 12.3. The topological polar surface area (TPSA) is 51.7 Å². The van der Waals surface area contributed by atoms with Crippen molar-refractivity contribution in [3.8, 4) is 5.75 Å². The van der Waals surface area contributed by atoms with Gasteiger partial charge in [-0.15, -0.1) is 0 Å². The molecule has 1 aromatic heterocycles. The Morgan fingerprint density at radius 3 is 2.74 bits per heavy atom. The average molecular weight is 266 g/mol. The van der Waals surface area contributed by atoms with Crippen LogP contribution in [0.15, 0.2) is 24.5 Å². The molecule has 0 aliphatic heterocycles. The molecule has 1 atom stereocenters. The average Bonchev–Trinajstić information content (AvgIpc) is 2.38. The van der Waals surface area contributed by atoms with Crippen LogP contribution in [0, 0.1) is 0 Å². The van der Waals surface area contributed by atoms with Crippen LogP contribution in [0.4, 0.5) is 0 Å². The van der Waals surface area contributed by atoms with E-state index in [1.54, 1.807) is 50.5 Å². The molecular formula is C14H22N2O3. The summed E-state index contributed by atoms with van der Waals surface area (Å²) in [7, 11) is 3.38.